The molecule has 1 fully saturated rings. The molecule has 3 N–H and O–H groups in total. The fraction of sp³-hybridized carbons (Fsp3) is 0.750. The van der Waals surface area contributed by atoms with Crippen LogP contribution in [-0.2, 0) is 11.3 Å². The quantitative estimate of drug-likeness (QED) is 0.207. The molecular formula is C20H36IN5O2. The Kier molecular flexibility index (Phi) is 12.2. The van der Waals surface area contributed by atoms with Gasteiger partial charge >= 0.3 is 0 Å². The van der Waals surface area contributed by atoms with Gasteiger partial charge in [0.1, 0.15) is 6.54 Å². The molecule has 28 heavy (non-hydrogen) atoms. The number of carbonyl (C=O) groups excluding carboxylic acids is 1. The normalized spacial score (nSPS) is 15.2. The number of aliphatic imine (C=N–C) groups is 1. The summed E-state index contributed by atoms with van der Waals surface area (Å²) in [6.07, 6.45) is 6.92. The highest BCUT2D eigenvalue weighted by molar-refractivity contribution is 14.0. The average Bonchev–Trinajstić information content (AvgIpc) is 3.13. The minimum absolute atomic E-state index is 0. The summed E-state index contributed by atoms with van der Waals surface area (Å²) >= 11 is 0. The van der Waals surface area contributed by atoms with E-state index in [-0.39, 0.29) is 29.9 Å². The molecule has 1 aromatic rings. The highest BCUT2D eigenvalue weighted by Gasteiger charge is 2.16. The number of carbonyl (C=O) groups is 1. The molecule has 1 saturated carbocycles. The van der Waals surface area contributed by atoms with E-state index < -0.39 is 0 Å². The van der Waals surface area contributed by atoms with Gasteiger partial charge in [-0.2, -0.15) is 0 Å². The second-order valence-electron chi connectivity index (χ2n) is 7.55. The molecule has 7 nitrogen and oxygen atoms in total. The zero-order valence-electron chi connectivity index (χ0n) is 17.4. The predicted octanol–water partition coefficient (Wildman–Crippen LogP) is 3.56. The number of hydrogen-bond donors (Lipinski definition) is 3. The fourth-order valence-corrected chi connectivity index (χ4v) is 3.28. The Hall–Kier alpha value is -1.32. The fourth-order valence-electron chi connectivity index (χ4n) is 3.28. The SMILES string of the molecule is CCNC(=NCc1cc(C(C)C)no1)NCCNC(=O)CC1CCCCC1.I. The lowest BCUT2D eigenvalue weighted by molar-refractivity contribution is -0.122. The van der Waals surface area contributed by atoms with Gasteiger partial charge in [0.15, 0.2) is 11.7 Å². The Labute approximate surface area is 185 Å². The van der Waals surface area contributed by atoms with Crippen molar-refractivity contribution in [2.75, 3.05) is 19.6 Å². The molecule has 0 spiro atoms. The molecule has 1 amide bonds. The Morgan fingerprint density at radius 2 is 1.93 bits per heavy atom. The van der Waals surface area contributed by atoms with Crippen LogP contribution in [0, 0.1) is 5.92 Å². The summed E-state index contributed by atoms with van der Waals surface area (Å²) in [6.45, 7) is 8.62. The lowest BCUT2D eigenvalue weighted by Crippen LogP contribution is -2.41. The molecule has 0 radical (unpaired) electrons. The molecule has 160 valence electrons. The summed E-state index contributed by atoms with van der Waals surface area (Å²) < 4.78 is 5.31. The van der Waals surface area contributed by atoms with Crippen LogP contribution in [-0.4, -0.2) is 36.7 Å². The van der Waals surface area contributed by atoms with Crippen LogP contribution in [0.1, 0.15) is 76.7 Å². The predicted molar refractivity (Wildman–Crippen MR) is 123 cm³/mol. The third kappa shape index (κ3) is 9.25. The molecule has 0 aliphatic heterocycles. The summed E-state index contributed by atoms with van der Waals surface area (Å²) in [5.41, 5.74) is 0.943. The van der Waals surface area contributed by atoms with Crippen LogP contribution in [0.2, 0.25) is 0 Å². The van der Waals surface area contributed by atoms with E-state index in [0.29, 0.717) is 43.9 Å². The van der Waals surface area contributed by atoms with Gasteiger partial charge in [-0.05, 0) is 31.6 Å². The van der Waals surface area contributed by atoms with Crippen LogP contribution in [0.15, 0.2) is 15.6 Å². The number of rotatable bonds is 9. The zero-order chi connectivity index (χ0) is 19.5. The average molecular weight is 505 g/mol. The molecule has 8 heteroatoms. The van der Waals surface area contributed by atoms with Crippen molar-refractivity contribution in [3.63, 3.8) is 0 Å². The highest BCUT2D eigenvalue weighted by Crippen LogP contribution is 2.25. The monoisotopic (exact) mass is 505 g/mol. The van der Waals surface area contributed by atoms with E-state index in [0.717, 1.165) is 18.0 Å². The van der Waals surface area contributed by atoms with Crippen molar-refractivity contribution >= 4 is 35.8 Å². The van der Waals surface area contributed by atoms with Crippen LogP contribution in [0.5, 0.6) is 0 Å². The lowest BCUT2D eigenvalue weighted by Gasteiger charge is -2.20. The summed E-state index contributed by atoms with van der Waals surface area (Å²) in [5.74, 6) is 2.53. The molecule has 1 heterocycles. The summed E-state index contributed by atoms with van der Waals surface area (Å²) in [5, 5.41) is 13.5. The summed E-state index contributed by atoms with van der Waals surface area (Å²) in [4.78, 5) is 16.6. The second kappa shape index (κ2) is 13.8. The molecule has 1 aliphatic rings. The first-order valence-corrected chi connectivity index (χ1v) is 10.3. The first-order chi connectivity index (χ1) is 13.1. The number of nitrogens with zero attached hydrogens (tertiary/aromatic N) is 2. The molecule has 0 unspecified atom stereocenters. The molecule has 1 aliphatic carbocycles. The van der Waals surface area contributed by atoms with Gasteiger partial charge in [-0.15, -0.1) is 24.0 Å². The van der Waals surface area contributed by atoms with Crippen molar-refractivity contribution in [3.8, 4) is 0 Å². The van der Waals surface area contributed by atoms with Crippen LogP contribution in [0.25, 0.3) is 0 Å². The van der Waals surface area contributed by atoms with Gasteiger partial charge in [0.2, 0.25) is 5.91 Å². The number of halogens is 1. The van der Waals surface area contributed by atoms with Crippen molar-refractivity contribution < 1.29 is 9.32 Å². The van der Waals surface area contributed by atoms with Crippen LogP contribution in [0.3, 0.4) is 0 Å². The van der Waals surface area contributed by atoms with Gasteiger partial charge in [0.25, 0.3) is 0 Å². The second-order valence-corrected chi connectivity index (χ2v) is 7.55. The van der Waals surface area contributed by atoms with Crippen LogP contribution >= 0.6 is 24.0 Å². The van der Waals surface area contributed by atoms with Crippen molar-refractivity contribution in [1.82, 2.24) is 21.1 Å². The maximum Gasteiger partial charge on any atom is 0.220 e. The molecule has 0 atom stereocenters. The first kappa shape index (κ1) is 24.7. The van der Waals surface area contributed by atoms with E-state index in [1.54, 1.807) is 0 Å². The molecular weight excluding hydrogens is 469 g/mol. The van der Waals surface area contributed by atoms with E-state index in [1.165, 1.54) is 32.1 Å². The number of guanidine groups is 1. The van der Waals surface area contributed by atoms with Gasteiger partial charge in [-0.25, -0.2) is 4.99 Å². The topological polar surface area (TPSA) is 91.6 Å². The van der Waals surface area contributed by atoms with E-state index in [4.69, 9.17) is 4.52 Å². The minimum atomic E-state index is 0. The molecule has 0 bridgehead atoms. The van der Waals surface area contributed by atoms with Gasteiger partial charge in [0, 0.05) is 32.1 Å². The van der Waals surface area contributed by atoms with E-state index in [2.05, 4.69) is 39.9 Å². The van der Waals surface area contributed by atoms with Gasteiger partial charge in [-0.3, -0.25) is 4.79 Å². The Bertz CT molecular complexity index is 597. The number of hydrogen-bond acceptors (Lipinski definition) is 4. The Morgan fingerprint density at radius 3 is 2.57 bits per heavy atom. The molecule has 0 aromatic carbocycles. The molecule has 1 aromatic heterocycles. The number of aromatic nitrogens is 1. The Balaban J connectivity index is 0.00000392. The van der Waals surface area contributed by atoms with Crippen LogP contribution < -0.4 is 16.0 Å². The van der Waals surface area contributed by atoms with Crippen molar-refractivity contribution in [2.45, 2.75) is 71.8 Å². The van der Waals surface area contributed by atoms with E-state index in [9.17, 15) is 4.79 Å². The molecule has 2 rings (SSSR count). The van der Waals surface area contributed by atoms with E-state index >= 15 is 0 Å². The van der Waals surface area contributed by atoms with E-state index in [1.807, 2.05) is 13.0 Å². The smallest absolute Gasteiger partial charge is 0.220 e. The van der Waals surface area contributed by atoms with Crippen molar-refractivity contribution in [2.24, 2.45) is 10.9 Å². The standard InChI is InChI=1S/C20H35N5O2.HI/c1-4-21-20(24-14-17-13-18(15(2)3)25-27-17)23-11-10-22-19(26)12-16-8-6-5-7-9-16;/h13,15-16H,4-12,14H2,1-3H3,(H,22,26)(H2,21,23,24);1H. The number of nitrogens with one attached hydrogen (secondary N) is 3. The van der Waals surface area contributed by atoms with Gasteiger partial charge in [0.05, 0.1) is 5.69 Å². The van der Waals surface area contributed by atoms with Crippen molar-refractivity contribution in [3.05, 3.63) is 17.5 Å². The number of amides is 1. The maximum absolute atomic E-state index is 12.0. The van der Waals surface area contributed by atoms with Gasteiger partial charge < -0.3 is 20.5 Å². The molecule has 0 saturated heterocycles. The summed E-state index contributed by atoms with van der Waals surface area (Å²) in [7, 11) is 0. The highest BCUT2D eigenvalue weighted by atomic mass is 127. The Morgan fingerprint density at radius 1 is 1.21 bits per heavy atom. The van der Waals surface area contributed by atoms with Crippen molar-refractivity contribution in [1.29, 1.82) is 0 Å². The third-order valence-electron chi connectivity index (χ3n) is 4.84. The minimum Gasteiger partial charge on any atom is -0.359 e. The first-order valence-electron chi connectivity index (χ1n) is 10.3. The summed E-state index contributed by atoms with van der Waals surface area (Å²) in [6, 6.07) is 1.95. The van der Waals surface area contributed by atoms with Gasteiger partial charge in [-0.1, -0.05) is 38.3 Å². The third-order valence-corrected chi connectivity index (χ3v) is 4.84. The lowest BCUT2D eigenvalue weighted by atomic mass is 9.87. The zero-order valence-corrected chi connectivity index (χ0v) is 19.8. The van der Waals surface area contributed by atoms with Crippen LogP contribution in [0.4, 0.5) is 0 Å². The largest absolute Gasteiger partial charge is 0.359 e. The maximum atomic E-state index is 12.0.